The number of hydrogen-bond donors (Lipinski definition) is 1. The van der Waals surface area contributed by atoms with Crippen LogP contribution in [-0.4, -0.2) is 32.7 Å². The van der Waals surface area contributed by atoms with Gasteiger partial charge in [-0.3, -0.25) is 9.63 Å². The number of carbonyl (C=O) groups excluding carboxylic acids is 1. The molecule has 0 atom stereocenters. The highest BCUT2D eigenvalue weighted by Crippen LogP contribution is 1.93. The summed E-state index contributed by atoms with van der Waals surface area (Å²) in [4.78, 5) is 14.9. The first-order valence-corrected chi connectivity index (χ1v) is 3.34. The third-order valence-electron chi connectivity index (χ3n) is 0.933. The van der Waals surface area contributed by atoms with Crippen molar-refractivity contribution in [1.82, 2.24) is 5.48 Å². The molecule has 72 valence electrons. The van der Waals surface area contributed by atoms with Crippen molar-refractivity contribution in [3.8, 4) is 0 Å². The fourth-order valence-corrected chi connectivity index (χ4v) is 0.502. The number of amides is 1. The van der Waals surface area contributed by atoms with E-state index in [4.69, 9.17) is 0 Å². The van der Waals surface area contributed by atoms with E-state index >= 15 is 0 Å². The van der Waals surface area contributed by atoms with Crippen molar-refractivity contribution in [2.45, 2.75) is 12.8 Å². The van der Waals surface area contributed by atoms with E-state index in [2.05, 4.69) is 9.57 Å². The van der Waals surface area contributed by atoms with E-state index in [0.29, 0.717) is 0 Å². The first-order chi connectivity index (χ1) is 5.66. The number of carbonyl (C=O) groups is 1. The minimum absolute atomic E-state index is 0.0144. The summed E-state index contributed by atoms with van der Waals surface area (Å²) in [6.07, 6.45) is -2.48. The van der Waals surface area contributed by atoms with Crippen molar-refractivity contribution >= 4 is 5.91 Å². The Morgan fingerprint density at radius 1 is 1.58 bits per heavy atom. The monoisotopic (exact) mass is 183 g/mol. The summed E-state index contributed by atoms with van der Waals surface area (Å²) in [6.45, 7) is -0.667. The number of rotatable bonds is 6. The average Bonchev–Trinajstić information content (AvgIpc) is 1.98. The van der Waals surface area contributed by atoms with Gasteiger partial charge in [0.1, 0.15) is 6.61 Å². The molecule has 0 saturated heterocycles. The normalized spacial score (nSPS) is 10.3. The Bertz CT molecular complexity index is 132. The zero-order chi connectivity index (χ0) is 9.40. The maximum absolute atomic E-state index is 11.5. The van der Waals surface area contributed by atoms with E-state index in [1.807, 2.05) is 5.48 Å². The molecular formula is C6H11F2NO3. The van der Waals surface area contributed by atoms with E-state index in [1.54, 1.807) is 0 Å². The van der Waals surface area contributed by atoms with Crippen LogP contribution in [0.2, 0.25) is 0 Å². The Labute approximate surface area is 68.8 Å². The molecule has 1 amide bonds. The van der Waals surface area contributed by atoms with Crippen molar-refractivity contribution in [2.24, 2.45) is 0 Å². The third kappa shape index (κ3) is 7.36. The lowest BCUT2D eigenvalue weighted by Gasteiger charge is -2.02. The van der Waals surface area contributed by atoms with E-state index in [-0.39, 0.29) is 13.0 Å². The predicted molar refractivity (Wildman–Crippen MR) is 36.6 cm³/mol. The quantitative estimate of drug-likeness (QED) is 0.477. The van der Waals surface area contributed by atoms with Gasteiger partial charge in [0.2, 0.25) is 5.91 Å². The molecule has 6 heteroatoms. The number of hydroxylamine groups is 1. The predicted octanol–water partition coefficient (Wildman–Crippen LogP) is 0.336. The molecule has 0 aromatic heterocycles. The Morgan fingerprint density at radius 3 is 2.75 bits per heavy atom. The summed E-state index contributed by atoms with van der Waals surface area (Å²) >= 11 is 0. The van der Waals surface area contributed by atoms with Crippen LogP contribution >= 0.6 is 0 Å². The molecule has 0 bridgehead atoms. The van der Waals surface area contributed by atoms with Crippen LogP contribution in [0.3, 0.4) is 0 Å². The molecule has 0 aliphatic carbocycles. The van der Waals surface area contributed by atoms with Crippen molar-refractivity contribution in [2.75, 3.05) is 20.3 Å². The van der Waals surface area contributed by atoms with Gasteiger partial charge in [0, 0.05) is 0 Å². The highest BCUT2D eigenvalue weighted by molar-refractivity contribution is 5.74. The van der Waals surface area contributed by atoms with Gasteiger partial charge in [0.15, 0.2) is 0 Å². The van der Waals surface area contributed by atoms with Crippen LogP contribution in [0, 0.1) is 0 Å². The molecule has 0 aliphatic rings. The van der Waals surface area contributed by atoms with Crippen molar-refractivity contribution < 1.29 is 23.1 Å². The molecule has 0 spiro atoms. The number of halogens is 2. The van der Waals surface area contributed by atoms with Gasteiger partial charge in [0.05, 0.1) is 20.1 Å². The maximum atomic E-state index is 11.5. The Kier molecular flexibility index (Phi) is 6.50. The van der Waals surface area contributed by atoms with Crippen LogP contribution < -0.4 is 5.48 Å². The number of hydrogen-bond acceptors (Lipinski definition) is 3. The SMILES string of the molecule is CONC(=O)CCOCC(F)F. The molecule has 0 unspecified atom stereocenters. The lowest BCUT2D eigenvalue weighted by Crippen LogP contribution is -2.23. The fraction of sp³-hybridized carbons (Fsp3) is 0.833. The summed E-state index contributed by atoms with van der Waals surface area (Å²) in [5.41, 5.74) is 2.03. The Hall–Kier alpha value is -0.750. The average molecular weight is 183 g/mol. The molecule has 0 saturated carbocycles. The molecule has 0 aromatic rings. The van der Waals surface area contributed by atoms with Crippen molar-refractivity contribution in [1.29, 1.82) is 0 Å². The van der Waals surface area contributed by atoms with Gasteiger partial charge >= 0.3 is 0 Å². The molecule has 0 radical (unpaired) electrons. The highest BCUT2D eigenvalue weighted by Gasteiger charge is 2.03. The van der Waals surface area contributed by atoms with Crippen LogP contribution in [0.25, 0.3) is 0 Å². The summed E-state index contributed by atoms with van der Waals surface area (Å²) in [5, 5.41) is 0. The first-order valence-electron chi connectivity index (χ1n) is 3.34. The van der Waals surface area contributed by atoms with Crippen LogP contribution in [0.5, 0.6) is 0 Å². The zero-order valence-electron chi connectivity index (χ0n) is 6.68. The molecule has 1 N–H and O–H groups in total. The minimum Gasteiger partial charge on any atom is -0.375 e. The molecule has 0 aliphatic heterocycles. The molecular weight excluding hydrogens is 172 g/mol. The Morgan fingerprint density at radius 2 is 2.25 bits per heavy atom. The highest BCUT2D eigenvalue weighted by atomic mass is 19.3. The van der Waals surface area contributed by atoms with Gasteiger partial charge in [-0.2, -0.15) is 0 Å². The molecule has 0 fully saturated rings. The second kappa shape index (κ2) is 6.93. The number of ether oxygens (including phenoxy) is 1. The second-order valence-electron chi connectivity index (χ2n) is 1.95. The summed E-state index contributed by atoms with van der Waals surface area (Å²) < 4.78 is 27.4. The lowest BCUT2D eigenvalue weighted by atomic mass is 10.4. The molecule has 0 aromatic carbocycles. The maximum Gasteiger partial charge on any atom is 0.261 e. The standard InChI is InChI=1S/C6H11F2NO3/c1-11-9-6(10)2-3-12-4-5(7)8/h5H,2-4H2,1H3,(H,9,10). The van der Waals surface area contributed by atoms with Gasteiger partial charge in [-0.1, -0.05) is 0 Å². The van der Waals surface area contributed by atoms with Crippen LogP contribution in [0.15, 0.2) is 0 Å². The lowest BCUT2D eigenvalue weighted by molar-refractivity contribution is -0.132. The van der Waals surface area contributed by atoms with E-state index < -0.39 is 18.9 Å². The van der Waals surface area contributed by atoms with Gasteiger partial charge < -0.3 is 4.74 Å². The van der Waals surface area contributed by atoms with E-state index in [0.717, 1.165) is 0 Å². The molecule has 4 nitrogen and oxygen atoms in total. The fourth-order valence-electron chi connectivity index (χ4n) is 0.502. The third-order valence-corrected chi connectivity index (χ3v) is 0.933. The summed E-state index contributed by atoms with van der Waals surface area (Å²) in [5.74, 6) is -0.397. The smallest absolute Gasteiger partial charge is 0.261 e. The van der Waals surface area contributed by atoms with Crippen LogP contribution in [0.4, 0.5) is 8.78 Å². The van der Waals surface area contributed by atoms with Crippen molar-refractivity contribution in [3.05, 3.63) is 0 Å². The second-order valence-corrected chi connectivity index (χ2v) is 1.95. The van der Waals surface area contributed by atoms with Crippen LogP contribution in [-0.2, 0) is 14.4 Å². The van der Waals surface area contributed by atoms with Gasteiger partial charge in [0.25, 0.3) is 6.43 Å². The van der Waals surface area contributed by atoms with E-state index in [1.165, 1.54) is 7.11 Å². The Balaban J connectivity index is 3.14. The van der Waals surface area contributed by atoms with Crippen LogP contribution in [0.1, 0.15) is 6.42 Å². The largest absolute Gasteiger partial charge is 0.375 e. The topological polar surface area (TPSA) is 47.6 Å². The van der Waals surface area contributed by atoms with Gasteiger partial charge in [-0.15, -0.1) is 0 Å². The minimum atomic E-state index is -2.49. The molecule has 0 rings (SSSR count). The van der Waals surface area contributed by atoms with Gasteiger partial charge in [-0.05, 0) is 0 Å². The summed E-state index contributed by atoms with van der Waals surface area (Å²) in [7, 11) is 1.29. The number of alkyl halides is 2. The van der Waals surface area contributed by atoms with Crippen molar-refractivity contribution in [3.63, 3.8) is 0 Å². The summed E-state index contributed by atoms with van der Waals surface area (Å²) in [6, 6.07) is 0. The number of nitrogens with one attached hydrogen (secondary N) is 1. The van der Waals surface area contributed by atoms with Gasteiger partial charge in [-0.25, -0.2) is 14.3 Å². The molecule has 0 heterocycles. The first kappa shape index (κ1) is 11.2. The van der Waals surface area contributed by atoms with E-state index in [9.17, 15) is 13.6 Å². The molecule has 12 heavy (non-hydrogen) atoms. The zero-order valence-corrected chi connectivity index (χ0v) is 6.68.